The average molecular weight is 284 g/mol. The molecule has 0 aliphatic carbocycles. The van der Waals surface area contributed by atoms with E-state index in [9.17, 15) is 4.79 Å². The second-order valence-corrected chi connectivity index (χ2v) is 5.12. The number of aromatic nitrogens is 1. The molecule has 5 nitrogen and oxygen atoms in total. The number of nitrogens with one attached hydrogen (secondary N) is 1. The lowest BCUT2D eigenvalue weighted by atomic mass is 10.2. The standard InChI is InChI=1S/C14H12N4OS/c1-10-17-13(9-20-10)6-14(19)18-16-8-12-4-2-11(7-15)3-5-12/h2-5,8-9H,6H2,1H3,(H,18,19)/b16-8-. The van der Waals surface area contributed by atoms with Gasteiger partial charge >= 0.3 is 0 Å². The fourth-order valence-corrected chi connectivity index (χ4v) is 2.13. The topological polar surface area (TPSA) is 78.1 Å². The Morgan fingerprint density at radius 1 is 1.50 bits per heavy atom. The quantitative estimate of drug-likeness (QED) is 0.689. The third-order valence-corrected chi connectivity index (χ3v) is 3.27. The molecule has 1 heterocycles. The predicted molar refractivity (Wildman–Crippen MR) is 77.4 cm³/mol. The molecule has 2 rings (SSSR count). The molecule has 6 heteroatoms. The van der Waals surface area contributed by atoms with Crippen molar-refractivity contribution in [1.82, 2.24) is 10.4 Å². The Bertz CT molecular complexity index is 667. The zero-order valence-corrected chi connectivity index (χ0v) is 11.6. The second-order valence-electron chi connectivity index (χ2n) is 4.06. The molecule has 0 spiro atoms. The third kappa shape index (κ3) is 4.00. The number of nitriles is 1. The first-order valence-electron chi connectivity index (χ1n) is 5.90. The van der Waals surface area contributed by atoms with Gasteiger partial charge in [0.1, 0.15) is 0 Å². The maximum absolute atomic E-state index is 11.6. The Morgan fingerprint density at radius 3 is 2.85 bits per heavy atom. The highest BCUT2D eigenvalue weighted by atomic mass is 32.1. The number of benzene rings is 1. The molecule has 0 unspecified atom stereocenters. The summed E-state index contributed by atoms with van der Waals surface area (Å²) in [5.74, 6) is -0.208. The van der Waals surface area contributed by atoms with Crippen LogP contribution < -0.4 is 5.43 Å². The molecule has 0 radical (unpaired) electrons. The lowest BCUT2D eigenvalue weighted by molar-refractivity contribution is -0.120. The molecule has 0 aliphatic rings. The van der Waals surface area contributed by atoms with Gasteiger partial charge in [-0.15, -0.1) is 11.3 Å². The van der Waals surface area contributed by atoms with E-state index in [1.807, 2.05) is 18.4 Å². The number of amides is 1. The minimum Gasteiger partial charge on any atom is -0.273 e. The molecule has 1 amide bonds. The molecule has 0 aliphatic heterocycles. The van der Waals surface area contributed by atoms with Gasteiger partial charge in [0.15, 0.2) is 0 Å². The summed E-state index contributed by atoms with van der Waals surface area (Å²) in [6, 6.07) is 8.95. The van der Waals surface area contributed by atoms with E-state index in [0.717, 1.165) is 16.3 Å². The number of thiazole rings is 1. The lowest BCUT2D eigenvalue weighted by Crippen LogP contribution is -2.19. The molecular weight excluding hydrogens is 272 g/mol. The smallest absolute Gasteiger partial charge is 0.246 e. The summed E-state index contributed by atoms with van der Waals surface area (Å²) in [5, 5.41) is 15.3. The van der Waals surface area contributed by atoms with Gasteiger partial charge in [0.25, 0.3) is 0 Å². The summed E-state index contributed by atoms with van der Waals surface area (Å²) < 4.78 is 0. The van der Waals surface area contributed by atoms with E-state index in [4.69, 9.17) is 5.26 Å². The normalized spacial score (nSPS) is 10.4. The van der Waals surface area contributed by atoms with Crippen LogP contribution in [-0.4, -0.2) is 17.1 Å². The SMILES string of the molecule is Cc1nc(CC(=O)N/N=C\c2ccc(C#N)cc2)cs1. The van der Waals surface area contributed by atoms with Crippen LogP contribution in [0.5, 0.6) is 0 Å². The summed E-state index contributed by atoms with van der Waals surface area (Å²) in [7, 11) is 0. The van der Waals surface area contributed by atoms with E-state index in [0.29, 0.717) is 5.56 Å². The van der Waals surface area contributed by atoms with E-state index in [-0.39, 0.29) is 12.3 Å². The first-order chi connectivity index (χ1) is 9.67. The van der Waals surface area contributed by atoms with Gasteiger partial charge in [-0.3, -0.25) is 4.79 Å². The van der Waals surface area contributed by atoms with Crippen molar-refractivity contribution < 1.29 is 4.79 Å². The zero-order chi connectivity index (χ0) is 14.4. The third-order valence-electron chi connectivity index (χ3n) is 2.45. The van der Waals surface area contributed by atoms with Gasteiger partial charge in [0, 0.05) is 5.38 Å². The highest BCUT2D eigenvalue weighted by molar-refractivity contribution is 7.09. The first-order valence-corrected chi connectivity index (χ1v) is 6.78. The van der Waals surface area contributed by atoms with E-state index >= 15 is 0 Å². The molecule has 20 heavy (non-hydrogen) atoms. The van der Waals surface area contributed by atoms with Crippen molar-refractivity contribution >= 4 is 23.5 Å². The van der Waals surface area contributed by atoms with Crippen molar-refractivity contribution in [2.75, 3.05) is 0 Å². The maximum Gasteiger partial charge on any atom is 0.246 e. The highest BCUT2D eigenvalue weighted by Gasteiger charge is 2.04. The number of nitrogens with zero attached hydrogens (tertiary/aromatic N) is 3. The monoisotopic (exact) mass is 284 g/mol. The van der Waals surface area contributed by atoms with E-state index < -0.39 is 0 Å². The molecule has 0 saturated heterocycles. The van der Waals surface area contributed by atoms with Crippen molar-refractivity contribution in [2.45, 2.75) is 13.3 Å². The molecule has 0 bridgehead atoms. The molecule has 1 N–H and O–H groups in total. The maximum atomic E-state index is 11.6. The Kier molecular flexibility index (Phi) is 4.58. The molecule has 1 aromatic heterocycles. The summed E-state index contributed by atoms with van der Waals surface area (Å²) in [6.45, 7) is 1.90. The van der Waals surface area contributed by atoms with E-state index in [1.165, 1.54) is 17.6 Å². The molecule has 0 atom stereocenters. The summed E-state index contributed by atoms with van der Waals surface area (Å²) in [5.41, 5.74) is 4.60. The number of hydrogen-bond donors (Lipinski definition) is 1. The van der Waals surface area contributed by atoms with Gasteiger partial charge in [-0.25, -0.2) is 10.4 Å². The van der Waals surface area contributed by atoms with Crippen LogP contribution in [0.25, 0.3) is 0 Å². The Balaban J connectivity index is 1.86. The first kappa shape index (κ1) is 13.9. The molecule has 1 aromatic carbocycles. The summed E-state index contributed by atoms with van der Waals surface area (Å²) in [4.78, 5) is 15.8. The average Bonchev–Trinajstić information content (AvgIpc) is 2.85. The van der Waals surface area contributed by atoms with Crippen LogP contribution in [-0.2, 0) is 11.2 Å². The number of carbonyl (C=O) groups is 1. The van der Waals surface area contributed by atoms with Crippen molar-refractivity contribution in [3.63, 3.8) is 0 Å². The fraction of sp³-hybridized carbons (Fsp3) is 0.143. The molecule has 0 fully saturated rings. The minimum absolute atomic E-state index is 0.208. The van der Waals surface area contributed by atoms with Gasteiger partial charge in [-0.2, -0.15) is 10.4 Å². The molecule has 0 saturated carbocycles. The van der Waals surface area contributed by atoms with Gasteiger partial charge < -0.3 is 0 Å². The zero-order valence-electron chi connectivity index (χ0n) is 10.8. The lowest BCUT2D eigenvalue weighted by Gasteiger charge is -1.97. The number of carbonyl (C=O) groups excluding carboxylic acids is 1. The molecule has 100 valence electrons. The van der Waals surface area contributed by atoms with Gasteiger partial charge in [-0.1, -0.05) is 12.1 Å². The van der Waals surface area contributed by atoms with Crippen LogP contribution in [0, 0.1) is 18.3 Å². The number of rotatable bonds is 4. The number of aryl methyl sites for hydroxylation is 1. The Labute approximate surface area is 120 Å². The second kappa shape index (κ2) is 6.59. The van der Waals surface area contributed by atoms with Crippen LogP contribution in [0.1, 0.15) is 21.8 Å². The number of hydrogen-bond acceptors (Lipinski definition) is 5. The van der Waals surface area contributed by atoms with E-state index in [2.05, 4.69) is 15.5 Å². The Morgan fingerprint density at radius 2 is 2.25 bits per heavy atom. The number of hydrazone groups is 1. The van der Waals surface area contributed by atoms with Crippen molar-refractivity contribution in [1.29, 1.82) is 5.26 Å². The van der Waals surface area contributed by atoms with Gasteiger partial charge in [0.05, 0.1) is 35.0 Å². The van der Waals surface area contributed by atoms with E-state index in [1.54, 1.807) is 24.3 Å². The van der Waals surface area contributed by atoms with Gasteiger partial charge in [0.2, 0.25) is 5.91 Å². The molecule has 2 aromatic rings. The van der Waals surface area contributed by atoms with Crippen molar-refractivity contribution in [2.24, 2.45) is 5.10 Å². The largest absolute Gasteiger partial charge is 0.273 e. The molecular formula is C14H12N4OS. The minimum atomic E-state index is -0.208. The van der Waals surface area contributed by atoms with Crippen LogP contribution in [0.3, 0.4) is 0 Å². The summed E-state index contributed by atoms with van der Waals surface area (Å²) >= 11 is 1.51. The van der Waals surface area contributed by atoms with Crippen LogP contribution in [0.15, 0.2) is 34.7 Å². The fourth-order valence-electron chi connectivity index (χ4n) is 1.52. The highest BCUT2D eigenvalue weighted by Crippen LogP contribution is 2.08. The summed E-state index contributed by atoms with van der Waals surface area (Å²) in [6.07, 6.45) is 1.75. The van der Waals surface area contributed by atoms with Crippen LogP contribution in [0.4, 0.5) is 0 Å². The van der Waals surface area contributed by atoms with Crippen molar-refractivity contribution in [3.05, 3.63) is 51.5 Å². The Hall–Kier alpha value is -2.52. The van der Waals surface area contributed by atoms with Crippen LogP contribution >= 0.6 is 11.3 Å². The predicted octanol–water partition coefficient (Wildman–Crippen LogP) is 2.02. The van der Waals surface area contributed by atoms with Crippen LogP contribution in [0.2, 0.25) is 0 Å². The van der Waals surface area contributed by atoms with Gasteiger partial charge in [-0.05, 0) is 24.6 Å². The van der Waals surface area contributed by atoms with Crippen molar-refractivity contribution in [3.8, 4) is 6.07 Å².